The summed E-state index contributed by atoms with van der Waals surface area (Å²) in [6, 6.07) is -0.436. The van der Waals surface area contributed by atoms with Crippen LogP contribution in [0, 0.1) is 11.8 Å². The summed E-state index contributed by atoms with van der Waals surface area (Å²) in [5, 5.41) is 2.86. The van der Waals surface area contributed by atoms with Crippen molar-refractivity contribution < 1.29 is 9.59 Å². The third-order valence-electron chi connectivity index (χ3n) is 3.51. The molecule has 0 bridgehead atoms. The number of amides is 2. The van der Waals surface area contributed by atoms with Crippen molar-refractivity contribution in [3.8, 4) is 11.8 Å². The molecule has 1 fully saturated rings. The summed E-state index contributed by atoms with van der Waals surface area (Å²) in [6.45, 7) is 7.63. The molecule has 0 saturated carbocycles. The highest BCUT2D eigenvalue weighted by Gasteiger charge is 2.46. The lowest BCUT2D eigenvalue weighted by molar-refractivity contribution is -0.153. The molecule has 0 radical (unpaired) electrons. The van der Waals surface area contributed by atoms with E-state index in [0.29, 0.717) is 19.4 Å². The summed E-state index contributed by atoms with van der Waals surface area (Å²) < 4.78 is 0. The van der Waals surface area contributed by atoms with E-state index >= 15 is 0 Å². The second-order valence-corrected chi connectivity index (χ2v) is 4.31. The van der Waals surface area contributed by atoms with Gasteiger partial charge >= 0.3 is 0 Å². The van der Waals surface area contributed by atoms with Crippen LogP contribution in [0.4, 0.5) is 0 Å². The molecule has 1 atom stereocenters. The number of carbonyl (C=O) groups excluding carboxylic acids is 2. The molecule has 4 heteroatoms. The van der Waals surface area contributed by atoms with Gasteiger partial charge in [0.2, 0.25) is 11.8 Å². The number of piperazine rings is 1. The monoisotopic (exact) mass is 236 g/mol. The maximum atomic E-state index is 12.4. The molecule has 0 aromatic heterocycles. The summed E-state index contributed by atoms with van der Waals surface area (Å²) in [4.78, 5) is 25.9. The molecule has 1 heterocycles. The average molecular weight is 236 g/mol. The van der Waals surface area contributed by atoms with Crippen molar-refractivity contribution in [2.45, 2.75) is 52.1 Å². The molecule has 0 aliphatic carbocycles. The zero-order valence-corrected chi connectivity index (χ0v) is 11.0. The predicted molar refractivity (Wildman–Crippen MR) is 66.1 cm³/mol. The lowest BCUT2D eigenvalue weighted by Crippen LogP contribution is -2.69. The van der Waals surface area contributed by atoms with Gasteiger partial charge < -0.3 is 10.2 Å². The first kappa shape index (κ1) is 13.6. The standard InChI is InChI=1S/C13H20N2O2/c1-5-8-9-15-10(4)11(16)14-13(6-2,7-3)12(15)17/h10H,6-7,9H2,1-4H3,(H,14,16). The molecule has 1 saturated heterocycles. The van der Waals surface area contributed by atoms with E-state index in [1.165, 1.54) is 0 Å². The maximum absolute atomic E-state index is 12.4. The molecular weight excluding hydrogens is 216 g/mol. The minimum absolute atomic E-state index is 0.0163. The SMILES string of the molecule is CC#CCN1C(=O)C(CC)(CC)NC(=O)C1C. The Morgan fingerprint density at radius 1 is 1.35 bits per heavy atom. The minimum Gasteiger partial charge on any atom is -0.340 e. The van der Waals surface area contributed by atoms with Crippen molar-refractivity contribution in [3.63, 3.8) is 0 Å². The Morgan fingerprint density at radius 3 is 2.41 bits per heavy atom. The quantitative estimate of drug-likeness (QED) is 0.741. The molecule has 4 nitrogen and oxygen atoms in total. The average Bonchev–Trinajstić information content (AvgIpc) is 2.34. The van der Waals surface area contributed by atoms with Gasteiger partial charge in [-0.1, -0.05) is 19.8 Å². The van der Waals surface area contributed by atoms with Crippen LogP contribution in [-0.4, -0.2) is 34.8 Å². The van der Waals surface area contributed by atoms with Gasteiger partial charge in [-0.15, -0.1) is 5.92 Å². The van der Waals surface area contributed by atoms with Gasteiger partial charge in [-0.3, -0.25) is 9.59 Å². The topological polar surface area (TPSA) is 49.4 Å². The highest BCUT2D eigenvalue weighted by atomic mass is 16.2. The number of rotatable bonds is 3. The lowest BCUT2D eigenvalue weighted by atomic mass is 9.87. The fraction of sp³-hybridized carbons (Fsp3) is 0.692. The zero-order valence-electron chi connectivity index (χ0n) is 11.0. The van der Waals surface area contributed by atoms with Crippen LogP contribution >= 0.6 is 0 Å². The van der Waals surface area contributed by atoms with E-state index in [1.54, 1.807) is 18.7 Å². The number of nitrogens with zero attached hydrogens (tertiary/aromatic N) is 1. The van der Waals surface area contributed by atoms with Crippen LogP contribution in [0.15, 0.2) is 0 Å². The van der Waals surface area contributed by atoms with Crippen molar-refractivity contribution in [1.82, 2.24) is 10.2 Å². The highest BCUT2D eigenvalue weighted by molar-refractivity contribution is 5.99. The van der Waals surface area contributed by atoms with Gasteiger partial charge in [0.1, 0.15) is 11.6 Å². The number of hydrogen-bond donors (Lipinski definition) is 1. The van der Waals surface area contributed by atoms with E-state index in [-0.39, 0.29) is 11.8 Å². The second kappa shape index (κ2) is 5.22. The van der Waals surface area contributed by atoms with E-state index < -0.39 is 11.6 Å². The van der Waals surface area contributed by atoms with E-state index in [9.17, 15) is 9.59 Å². The molecule has 1 unspecified atom stereocenters. The van der Waals surface area contributed by atoms with E-state index in [1.807, 2.05) is 13.8 Å². The molecule has 1 rings (SSSR count). The normalized spacial score (nSPS) is 22.8. The molecule has 1 aliphatic heterocycles. The van der Waals surface area contributed by atoms with Gasteiger partial charge in [0.15, 0.2) is 0 Å². The Morgan fingerprint density at radius 2 is 1.94 bits per heavy atom. The molecular formula is C13H20N2O2. The molecule has 1 aliphatic rings. The summed E-state index contributed by atoms with van der Waals surface area (Å²) in [5.74, 6) is 5.51. The largest absolute Gasteiger partial charge is 0.340 e. The van der Waals surface area contributed by atoms with E-state index in [0.717, 1.165) is 0 Å². The van der Waals surface area contributed by atoms with Crippen LogP contribution in [0.5, 0.6) is 0 Å². The van der Waals surface area contributed by atoms with Gasteiger partial charge in [0, 0.05) is 0 Å². The number of hydrogen-bond acceptors (Lipinski definition) is 2. The van der Waals surface area contributed by atoms with Gasteiger partial charge in [-0.25, -0.2) is 0 Å². The van der Waals surface area contributed by atoms with Crippen LogP contribution < -0.4 is 5.32 Å². The van der Waals surface area contributed by atoms with Crippen molar-refractivity contribution >= 4 is 11.8 Å². The van der Waals surface area contributed by atoms with Crippen LogP contribution in [0.25, 0.3) is 0 Å². The summed E-state index contributed by atoms with van der Waals surface area (Å²) >= 11 is 0. The van der Waals surface area contributed by atoms with E-state index in [2.05, 4.69) is 17.2 Å². The summed E-state index contributed by atoms with van der Waals surface area (Å²) in [6.07, 6.45) is 1.22. The fourth-order valence-electron chi connectivity index (χ4n) is 2.09. The molecule has 1 N–H and O–H groups in total. The number of carbonyl (C=O) groups is 2. The van der Waals surface area contributed by atoms with E-state index in [4.69, 9.17) is 0 Å². The van der Waals surface area contributed by atoms with Crippen LogP contribution in [-0.2, 0) is 9.59 Å². The third kappa shape index (κ3) is 2.28. The Hall–Kier alpha value is -1.50. The van der Waals surface area contributed by atoms with Crippen LogP contribution in [0.3, 0.4) is 0 Å². The molecule has 0 aromatic carbocycles. The smallest absolute Gasteiger partial charge is 0.249 e. The van der Waals surface area contributed by atoms with Gasteiger partial charge in [0.25, 0.3) is 0 Å². The maximum Gasteiger partial charge on any atom is 0.249 e. The van der Waals surface area contributed by atoms with Crippen LogP contribution in [0.1, 0.15) is 40.5 Å². The Kier molecular flexibility index (Phi) is 4.17. The van der Waals surface area contributed by atoms with Crippen molar-refractivity contribution in [1.29, 1.82) is 0 Å². The summed E-state index contributed by atoms with van der Waals surface area (Å²) in [5.41, 5.74) is -0.737. The Bertz CT molecular complexity index is 375. The second-order valence-electron chi connectivity index (χ2n) is 4.31. The Labute approximate surface area is 103 Å². The molecule has 2 amide bonds. The molecule has 0 spiro atoms. The van der Waals surface area contributed by atoms with Crippen LogP contribution in [0.2, 0.25) is 0 Å². The van der Waals surface area contributed by atoms with Gasteiger partial charge in [-0.2, -0.15) is 0 Å². The van der Waals surface area contributed by atoms with Crippen molar-refractivity contribution in [2.75, 3.05) is 6.54 Å². The fourth-order valence-corrected chi connectivity index (χ4v) is 2.09. The third-order valence-corrected chi connectivity index (χ3v) is 3.51. The first-order chi connectivity index (χ1) is 8.02. The first-order valence-electron chi connectivity index (χ1n) is 6.05. The number of nitrogens with one attached hydrogen (secondary N) is 1. The molecule has 94 valence electrons. The first-order valence-corrected chi connectivity index (χ1v) is 6.05. The Balaban J connectivity index is 3.04. The zero-order chi connectivity index (χ0) is 13.1. The predicted octanol–water partition coefficient (Wildman–Crippen LogP) is 0.915. The highest BCUT2D eigenvalue weighted by Crippen LogP contribution is 2.24. The van der Waals surface area contributed by atoms with Crippen molar-refractivity contribution in [2.24, 2.45) is 0 Å². The summed E-state index contributed by atoms with van der Waals surface area (Å²) in [7, 11) is 0. The van der Waals surface area contributed by atoms with Crippen molar-refractivity contribution in [3.05, 3.63) is 0 Å². The lowest BCUT2D eigenvalue weighted by Gasteiger charge is -2.43. The minimum atomic E-state index is -0.737. The molecule has 0 aromatic rings. The van der Waals surface area contributed by atoms with Gasteiger partial charge in [-0.05, 0) is 26.7 Å². The molecule has 17 heavy (non-hydrogen) atoms. The van der Waals surface area contributed by atoms with Gasteiger partial charge in [0.05, 0.1) is 6.54 Å².